The summed E-state index contributed by atoms with van der Waals surface area (Å²) in [5, 5.41) is 0. The van der Waals surface area contributed by atoms with Gasteiger partial charge in [0.05, 0.1) is 6.10 Å². The number of hydrogen-bond acceptors (Lipinski definition) is 3. The Bertz CT molecular complexity index is 143. The highest BCUT2D eigenvalue weighted by molar-refractivity contribution is 5.80. The lowest BCUT2D eigenvalue weighted by Crippen LogP contribution is -2.48. The van der Waals surface area contributed by atoms with Crippen molar-refractivity contribution in [3.05, 3.63) is 0 Å². The molecule has 0 aromatic carbocycles. The van der Waals surface area contributed by atoms with Gasteiger partial charge in [0.1, 0.15) is 6.04 Å². The Labute approximate surface area is 65.9 Å². The van der Waals surface area contributed by atoms with Gasteiger partial charge in [0.15, 0.2) is 0 Å². The van der Waals surface area contributed by atoms with Crippen molar-refractivity contribution in [3.8, 4) is 0 Å². The van der Waals surface area contributed by atoms with Gasteiger partial charge in [0.2, 0.25) is 5.91 Å². The maximum Gasteiger partial charge on any atom is 0.237 e. The maximum atomic E-state index is 10.6. The molecule has 2 atom stereocenters. The zero-order valence-electron chi connectivity index (χ0n) is 6.45. The van der Waals surface area contributed by atoms with E-state index in [-0.39, 0.29) is 6.10 Å². The molecule has 1 fully saturated rings. The molecule has 2 unspecified atom stereocenters. The van der Waals surface area contributed by atoms with Crippen LogP contribution >= 0.6 is 0 Å². The van der Waals surface area contributed by atoms with Gasteiger partial charge < -0.3 is 16.2 Å². The number of hydrogen-bond donors (Lipinski definition) is 2. The maximum absolute atomic E-state index is 10.6. The quantitative estimate of drug-likeness (QED) is 0.561. The van der Waals surface area contributed by atoms with Crippen LogP contribution in [0.4, 0.5) is 0 Å². The predicted octanol–water partition coefficient (Wildman–Crippen LogP) is -0.632. The first-order valence-corrected chi connectivity index (χ1v) is 3.88. The van der Waals surface area contributed by atoms with E-state index in [0.717, 1.165) is 19.3 Å². The van der Waals surface area contributed by atoms with Crippen LogP contribution in [0.5, 0.6) is 0 Å². The van der Waals surface area contributed by atoms with Crippen LogP contribution < -0.4 is 11.5 Å². The van der Waals surface area contributed by atoms with Crippen LogP contribution in [0.1, 0.15) is 19.3 Å². The molecule has 4 nitrogen and oxygen atoms in total. The molecular formula is C7H14N2O2. The van der Waals surface area contributed by atoms with Crippen LogP contribution in [-0.2, 0) is 9.53 Å². The summed E-state index contributed by atoms with van der Waals surface area (Å²) in [4.78, 5) is 10.6. The van der Waals surface area contributed by atoms with Gasteiger partial charge in [-0.3, -0.25) is 4.79 Å². The van der Waals surface area contributed by atoms with Crippen LogP contribution in [0.15, 0.2) is 0 Å². The number of nitrogens with two attached hydrogens (primary N) is 2. The number of primary amides is 1. The third-order valence-corrected chi connectivity index (χ3v) is 1.94. The van der Waals surface area contributed by atoms with Crippen molar-refractivity contribution in [2.45, 2.75) is 31.4 Å². The Hall–Kier alpha value is -0.610. The SMILES string of the molecule is NC(=O)C(N)C1CCCCO1. The molecule has 1 amide bonds. The topological polar surface area (TPSA) is 78.3 Å². The lowest BCUT2D eigenvalue weighted by molar-refractivity contribution is -0.123. The van der Waals surface area contributed by atoms with E-state index in [2.05, 4.69) is 0 Å². The summed E-state index contributed by atoms with van der Waals surface area (Å²) in [7, 11) is 0. The number of ether oxygens (including phenoxy) is 1. The van der Waals surface area contributed by atoms with Gasteiger partial charge in [0.25, 0.3) is 0 Å². The number of amides is 1. The highest BCUT2D eigenvalue weighted by Crippen LogP contribution is 2.14. The van der Waals surface area contributed by atoms with E-state index in [1.54, 1.807) is 0 Å². The smallest absolute Gasteiger partial charge is 0.237 e. The molecule has 1 aliphatic heterocycles. The molecule has 11 heavy (non-hydrogen) atoms. The molecule has 0 aromatic rings. The van der Waals surface area contributed by atoms with E-state index in [9.17, 15) is 4.79 Å². The lowest BCUT2D eigenvalue weighted by atomic mass is 10.0. The molecule has 1 saturated heterocycles. The van der Waals surface area contributed by atoms with Crippen molar-refractivity contribution < 1.29 is 9.53 Å². The average Bonchev–Trinajstić information content (AvgIpc) is 2.05. The van der Waals surface area contributed by atoms with E-state index < -0.39 is 11.9 Å². The molecule has 1 aliphatic rings. The molecule has 4 heteroatoms. The Morgan fingerprint density at radius 2 is 2.27 bits per heavy atom. The fourth-order valence-electron chi connectivity index (χ4n) is 1.23. The third kappa shape index (κ3) is 2.17. The average molecular weight is 158 g/mol. The molecule has 0 spiro atoms. The molecule has 0 bridgehead atoms. The van der Waals surface area contributed by atoms with Gasteiger partial charge in [-0.2, -0.15) is 0 Å². The first-order valence-electron chi connectivity index (χ1n) is 3.88. The van der Waals surface area contributed by atoms with Crippen molar-refractivity contribution in [1.29, 1.82) is 0 Å². The summed E-state index contributed by atoms with van der Waals surface area (Å²) in [5.41, 5.74) is 10.5. The lowest BCUT2D eigenvalue weighted by Gasteiger charge is -2.25. The molecule has 0 radical (unpaired) electrons. The second-order valence-corrected chi connectivity index (χ2v) is 2.83. The summed E-state index contributed by atoms with van der Waals surface area (Å²) in [6.07, 6.45) is 2.83. The van der Waals surface area contributed by atoms with Crippen LogP contribution in [0.3, 0.4) is 0 Å². The van der Waals surface area contributed by atoms with Crippen molar-refractivity contribution >= 4 is 5.91 Å². The Morgan fingerprint density at radius 3 is 2.73 bits per heavy atom. The van der Waals surface area contributed by atoms with Gasteiger partial charge in [-0.15, -0.1) is 0 Å². The summed E-state index contributed by atoms with van der Waals surface area (Å²) < 4.78 is 5.28. The van der Waals surface area contributed by atoms with Gasteiger partial charge >= 0.3 is 0 Å². The largest absolute Gasteiger partial charge is 0.376 e. The van der Waals surface area contributed by atoms with Gasteiger partial charge in [-0.25, -0.2) is 0 Å². The Balaban J connectivity index is 2.38. The van der Waals surface area contributed by atoms with Crippen molar-refractivity contribution in [2.24, 2.45) is 11.5 Å². The number of carbonyl (C=O) groups is 1. The number of carbonyl (C=O) groups excluding carboxylic acids is 1. The molecule has 1 heterocycles. The molecule has 64 valence electrons. The zero-order valence-corrected chi connectivity index (χ0v) is 6.45. The standard InChI is InChI=1S/C7H14N2O2/c8-6(7(9)10)5-3-1-2-4-11-5/h5-6H,1-4,8H2,(H2,9,10). The first-order chi connectivity index (χ1) is 5.22. The minimum atomic E-state index is -0.629. The highest BCUT2D eigenvalue weighted by atomic mass is 16.5. The molecule has 0 saturated carbocycles. The second-order valence-electron chi connectivity index (χ2n) is 2.83. The van der Waals surface area contributed by atoms with E-state index in [0.29, 0.717) is 6.61 Å². The van der Waals surface area contributed by atoms with Gasteiger partial charge in [0, 0.05) is 6.61 Å². The Morgan fingerprint density at radius 1 is 1.55 bits per heavy atom. The monoisotopic (exact) mass is 158 g/mol. The molecule has 4 N–H and O–H groups in total. The van der Waals surface area contributed by atoms with Crippen molar-refractivity contribution in [3.63, 3.8) is 0 Å². The summed E-state index contributed by atoms with van der Waals surface area (Å²) >= 11 is 0. The van der Waals surface area contributed by atoms with Gasteiger partial charge in [-0.05, 0) is 19.3 Å². The fourth-order valence-corrected chi connectivity index (χ4v) is 1.23. The van der Waals surface area contributed by atoms with Crippen LogP contribution in [-0.4, -0.2) is 24.7 Å². The molecule has 0 aromatic heterocycles. The van der Waals surface area contributed by atoms with E-state index >= 15 is 0 Å². The van der Waals surface area contributed by atoms with Gasteiger partial charge in [-0.1, -0.05) is 0 Å². The minimum Gasteiger partial charge on any atom is -0.376 e. The van der Waals surface area contributed by atoms with Crippen LogP contribution in [0.2, 0.25) is 0 Å². The number of rotatable bonds is 2. The first kappa shape index (κ1) is 8.49. The normalized spacial score (nSPS) is 27.9. The summed E-state index contributed by atoms with van der Waals surface area (Å²) in [6, 6.07) is -0.629. The molecular weight excluding hydrogens is 144 g/mol. The van der Waals surface area contributed by atoms with E-state index in [1.165, 1.54) is 0 Å². The third-order valence-electron chi connectivity index (χ3n) is 1.94. The summed E-state index contributed by atoms with van der Waals surface area (Å²) in [6.45, 7) is 0.700. The van der Waals surface area contributed by atoms with Crippen LogP contribution in [0, 0.1) is 0 Å². The zero-order chi connectivity index (χ0) is 8.27. The molecule has 0 aliphatic carbocycles. The Kier molecular flexibility index (Phi) is 2.84. The summed E-state index contributed by atoms with van der Waals surface area (Å²) in [5.74, 6) is -0.475. The fraction of sp³-hybridized carbons (Fsp3) is 0.857. The second kappa shape index (κ2) is 3.69. The molecule has 1 rings (SSSR count). The van der Waals surface area contributed by atoms with E-state index in [4.69, 9.17) is 16.2 Å². The highest BCUT2D eigenvalue weighted by Gasteiger charge is 2.24. The van der Waals surface area contributed by atoms with Crippen LogP contribution in [0.25, 0.3) is 0 Å². The van der Waals surface area contributed by atoms with Crippen molar-refractivity contribution in [1.82, 2.24) is 0 Å². The van der Waals surface area contributed by atoms with Crippen molar-refractivity contribution in [2.75, 3.05) is 6.61 Å². The predicted molar refractivity (Wildman–Crippen MR) is 40.8 cm³/mol. The minimum absolute atomic E-state index is 0.152. The van der Waals surface area contributed by atoms with E-state index in [1.807, 2.05) is 0 Å².